The molecule has 1 fully saturated rings. The molecule has 0 aliphatic carbocycles. The number of aliphatic hydroxyl groups is 5. The number of carbonyl (C=O) groups excluding carboxylic acids is 1. The second kappa shape index (κ2) is 61.0. The zero-order valence-electron chi connectivity index (χ0n) is 53.0. The van der Waals surface area contributed by atoms with Gasteiger partial charge in [-0.1, -0.05) is 312 Å². The first-order valence-corrected chi connectivity index (χ1v) is 35.0. The van der Waals surface area contributed by atoms with Crippen molar-refractivity contribution in [1.29, 1.82) is 0 Å². The van der Waals surface area contributed by atoms with Crippen LogP contribution in [-0.4, -0.2) is 87.5 Å². The third-order valence-electron chi connectivity index (χ3n) is 16.5. The van der Waals surface area contributed by atoms with E-state index in [1.165, 1.54) is 263 Å². The van der Waals surface area contributed by atoms with E-state index in [1.807, 2.05) is 6.08 Å². The second-order valence-corrected chi connectivity index (χ2v) is 24.3. The van der Waals surface area contributed by atoms with Crippen LogP contribution in [0.2, 0.25) is 0 Å². The molecule has 0 aromatic rings. The predicted octanol–water partition coefficient (Wildman–Crippen LogP) is 19.0. The number of aliphatic hydroxyl groups excluding tert-OH is 5. The number of hydrogen-bond acceptors (Lipinski definition) is 8. The highest BCUT2D eigenvalue weighted by Crippen LogP contribution is 2.23. The van der Waals surface area contributed by atoms with Crippen molar-refractivity contribution in [2.24, 2.45) is 0 Å². The van der Waals surface area contributed by atoms with Gasteiger partial charge in [-0.15, -0.1) is 0 Å². The Morgan fingerprint density at radius 2 is 0.741 bits per heavy atom. The van der Waals surface area contributed by atoms with E-state index in [2.05, 4.69) is 67.8 Å². The lowest BCUT2D eigenvalue weighted by Crippen LogP contribution is -2.60. The molecule has 81 heavy (non-hydrogen) atoms. The van der Waals surface area contributed by atoms with E-state index in [0.717, 1.165) is 51.4 Å². The fourth-order valence-electron chi connectivity index (χ4n) is 11.0. The van der Waals surface area contributed by atoms with Gasteiger partial charge >= 0.3 is 0 Å². The Balaban J connectivity index is 2.14. The minimum Gasteiger partial charge on any atom is -0.394 e. The molecule has 1 rings (SSSR count). The van der Waals surface area contributed by atoms with Gasteiger partial charge in [-0.2, -0.15) is 0 Å². The zero-order valence-corrected chi connectivity index (χ0v) is 53.0. The van der Waals surface area contributed by atoms with Gasteiger partial charge in [-0.25, -0.2) is 0 Å². The molecule has 1 amide bonds. The van der Waals surface area contributed by atoms with Crippen LogP contribution in [0.15, 0.2) is 60.8 Å². The summed E-state index contributed by atoms with van der Waals surface area (Å²) in [6.07, 6.45) is 77.6. The number of amides is 1. The van der Waals surface area contributed by atoms with E-state index < -0.39 is 49.5 Å². The Morgan fingerprint density at radius 3 is 1.11 bits per heavy atom. The predicted molar refractivity (Wildman–Crippen MR) is 346 cm³/mol. The summed E-state index contributed by atoms with van der Waals surface area (Å²) in [5.41, 5.74) is 0. The molecule has 0 aromatic carbocycles. The number of hydrogen-bond donors (Lipinski definition) is 6. The van der Waals surface area contributed by atoms with Crippen LogP contribution in [0, 0.1) is 0 Å². The molecular weight excluding hydrogens is 1010 g/mol. The number of unbranched alkanes of at least 4 members (excludes halogenated alkanes) is 43. The van der Waals surface area contributed by atoms with Crippen molar-refractivity contribution in [3.8, 4) is 0 Å². The van der Waals surface area contributed by atoms with Crippen LogP contribution in [0.3, 0.4) is 0 Å². The van der Waals surface area contributed by atoms with Crippen molar-refractivity contribution in [3.05, 3.63) is 60.8 Å². The molecule has 1 aliphatic rings. The maximum Gasteiger partial charge on any atom is 0.220 e. The summed E-state index contributed by atoms with van der Waals surface area (Å²) < 4.78 is 11.3. The number of nitrogens with one attached hydrogen (secondary N) is 1. The molecule has 6 N–H and O–H groups in total. The minimum absolute atomic E-state index is 0.187. The summed E-state index contributed by atoms with van der Waals surface area (Å²) in [6, 6.07) is -0.831. The van der Waals surface area contributed by atoms with Crippen molar-refractivity contribution in [2.75, 3.05) is 13.2 Å². The topological polar surface area (TPSA) is 149 Å². The first-order valence-electron chi connectivity index (χ1n) is 35.0. The van der Waals surface area contributed by atoms with Crippen LogP contribution >= 0.6 is 0 Å². The first kappa shape index (κ1) is 76.9. The van der Waals surface area contributed by atoms with Crippen molar-refractivity contribution in [3.63, 3.8) is 0 Å². The quantitative estimate of drug-likeness (QED) is 0.0261. The molecule has 0 saturated carbocycles. The Kier molecular flexibility index (Phi) is 57.9. The lowest BCUT2D eigenvalue weighted by molar-refractivity contribution is -0.302. The maximum atomic E-state index is 13.1. The largest absolute Gasteiger partial charge is 0.394 e. The maximum absolute atomic E-state index is 13.1. The van der Waals surface area contributed by atoms with Gasteiger partial charge in [0.1, 0.15) is 24.4 Å². The van der Waals surface area contributed by atoms with E-state index in [4.69, 9.17) is 9.47 Å². The van der Waals surface area contributed by atoms with Crippen LogP contribution in [0.25, 0.3) is 0 Å². The Labute approximate surface area is 500 Å². The second-order valence-electron chi connectivity index (χ2n) is 24.3. The molecule has 7 atom stereocenters. The van der Waals surface area contributed by atoms with Gasteiger partial charge in [0.25, 0.3) is 0 Å². The van der Waals surface area contributed by atoms with Gasteiger partial charge in [0.15, 0.2) is 6.29 Å². The lowest BCUT2D eigenvalue weighted by Gasteiger charge is -2.40. The molecular formula is C72H133NO8. The highest BCUT2D eigenvalue weighted by Gasteiger charge is 2.44. The summed E-state index contributed by atoms with van der Waals surface area (Å²) in [5.74, 6) is -0.187. The van der Waals surface area contributed by atoms with Gasteiger partial charge in [-0.3, -0.25) is 4.79 Å². The number of ether oxygens (including phenoxy) is 2. The highest BCUT2D eigenvalue weighted by molar-refractivity contribution is 5.76. The molecule has 9 nitrogen and oxygen atoms in total. The first-order chi connectivity index (χ1) is 39.8. The van der Waals surface area contributed by atoms with Crippen molar-refractivity contribution < 1.29 is 39.8 Å². The van der Waals surface area contributed by atoms with Gasteiger partial charge in [0.05, 0.1) is 25.4 Å². The van der Waals surface area contributed by atoms with Crippen LogP contribution in [0.4, 0.5) is 0 Å². The normalized spacial score (nSPS) is 18.7. The van der Waals surface area contributed by atoms with Crippen LogP contribution in [0.1, 0.15) is 335 Å². The third-order valence-corrected chi connectivity index (χ3v) is 16.5. The standard InChI is InChI=1S/C72H133NO8/c1-3-5-7-9-11-13-15-17-19-21-23-25-27-28-29-30-31-32-33-34-35-36-37-38-40-42-44-46-48-50-52-54-56-58-60-62-68(76)73-65(64-80-72-71(79)70(78)69(77)67(63-74)81-72)66(75)61-59-57-55-53-51-49-47-45-43-41-39-26-24-22-20-18-16-14-12-10-8-6-4-2/h27-28,30-31,43,45,51,53,59,61,65-67,69-72,74-75,77-79H,3-26,29,32-42,44,46-50,52,54-58,60,62-64H2,1-2H3,(H,73,76)/b28-27-,31-30-,45-43+,53-51+,61-59+. The lowest BCUT2D eigenvalue weighted by atomic mass is 9.99. The molecule has 0 spiro atoms. The Hall–Kier alpha value is -2.11. The van der Waals surface area contributed by atoms with Crippen LogP contribution < -0.4 is 5.32 Å². The van der Waals surface area contributed by atoms with E-state index in [-0.39, 0.29) is 12.5 Å². The molecule has 474 valence electrons. The van der Waals surface area contributed by atoms with Gasteiger partial charge < -0.3 is 40.3 Å². The monoisotopic (exact) mass is 1140 g/mol. The number of carbonyl (C=O) groups is 1. The summed E-state index contributed by atoms with van der Waals surface area (Å²) in [7, 11) is 0. The molecule has 1 heterocycles. The van der Waals surface area contributed by atoms with Gasteiger partial charge in [0, 0.05) is 6.42 Å². The van der Waals surface area contributed by atoms with E-state index >= 15 is 0 Å². The third kappa shape index (κ3) is 49.8. The summed E-state index contributed by atoms with van der Waals surface area (Å²) in [4.78, 5) is 13.1. The van der Waals surface area contributed by atoms with E-state index in [0.29, 0.717) is 6.42 Å². The molecule has 0 aromatic heterocycles. The molecule has 0 radical (unpaired) electrons. The fraction of sp³-hybridized carbons (Fsp3) is 0.847. The van der Waals surface area contributed by atoms with Crippen LogP contribution in [0.5, 0.6) is 0 Å². The number of allylic oxidation sites excluding steroid dienone is 9. The van der Waals surface area contributed by atoms with Crippen molar-refractivity contribution >= 4 is 5.91 Å². The molecule has 1 saturated heterocycles. The smallest absolute Gasteiger partial charge is 0.220 e. The van der Waals surface area contributed by atoms with Crippen molar-refractivity contribution in [1.82, 2.24) is 5.32 Å². The summed E-state index contributed by atoms with van der Waals surface area (Å²) in [6.45, 7) is 3.80. The molecule has 9 heteroatoms. The average molecular weight is 1140 g/mol. The van der Waals surface area contributed by atoms with E-state index in [1.54, 1.807) is 6.08 Å². The molecule has 0 bridgehead atoms. The Morgan fingerprint density at radius 1 is 0.420 bits per heavy atom. The SMILES string of the molecule is CCCCCCCCCCCCC/C=C\C/C=C\CCCCCCCCCCCCCCCCCCCC(=O)NC(COC1OC(CO)C(O)C(O)C1O)C(O)/C=C/CC/C=C/CC/C=C/CCCCCCCCCCCCCCC. The average Bonchev–Trinajstić information content (AvgIpc) is 3.48. The Bertz CT molecular complexity index is 1460. The highest BCUT2D eigenvalue weighted by atomic mass is 16.7. The van der Waals surface area contributed by atoms with Crippen molar-refractivity contribution in [2.45, 2.75) is 378 Å². The summed E-state index contributed by atoms with van der Waals surface area (Å²) >= 11 is 0. The van der Waals surface area contributed by atoms with Crippen LogP contribution in [-0.2, 0) is 14.3 Å². The fourth-order valence-corrected chi connectivity index (χ4v) is 11.0. The van der Waals surface area contributed by atoms with Gasteiger partial charge in [-0.05, 0) is 77.0 Å². The summed E-state index contributed by atoms with van der Waals surface area (Å²) in [5, 5.41) is 54.7. The number of rotatable bonds is 61. The van der Waals surface area contributed by atoms with Gasteiger partial charge in [0.2, 0.25) is 5.91 Å². The minimum atomic E-state index is -1.58. The van der Waals surface area contributed by atoms with E-state index in [9.17, 15) is 30.3 Å². The molecule has 7 unspecified atom stereocenters. The zero-order chi connectivity index (χ0) is 58.6. The molecule has 1 aliphatic heterocycles.